The van der Waals surface area contributed by atoms with E-state index < -0.39 is 47.6 Å². The summed E-state index contributed by atoms with van der Waals surface area (Å²) in [6.45, 7) is -0.745. The first-order chi connectivity index (χ1) is 20.2. The van der Waals surface area contributed by atoms with Crippen molar-refractivity contribution in [3.63, 3.8) is 0 Å². The van der Waals surface area contributed by atoms with Gasteiger partial charge in [0, 0.05) is 21.1 Å². The van der Waals surface area contributed by atoms with Gasteiger partial charge in [0.25, 0.3) is 0 Å². The summed E-state index contributed by atoms with van der Waals surface area (Å²) in [5, 5.41) is 50.9. The first-order valence-corrected chi connectivity index (χ1v) is 12.8. The Labute approximate surface area is 283 Å². The molecule has 0 atom stereocenters. The third kappa shape index (κ3) is 45.3. The standard InChI is InChI=1S/C12H21NO9.C12H20O9.2H2O.O.W/c13-12(22-6-3-11(18)19,7-20-4-1-9(14)15)8-21-5-2-10(16)17;13-10(14)1-4-19-7-9(21-6-3-12(17)18)8-20-5-2-11(15)16;;;;/h1-8,13H2,(H,14,15)(H,16,17)(H,18,19);9H,1-8H2,(H,13,14)(H,15,16)(H,17,18);2*1H2;;/q;;;;-2;/p-1. The van der Waals surface area contributed by atoms with Crippen molar-refractivity contribution in [3.05, 3.63) is 0 Å². The second-order valence-electron chi connectivity index (χ2n) is 8.52. The first kappa shape index (κ1) is 56.4. The van der Waals surface area contributed by atoms with Crippen LogP contribution in [0.2, 0.25) is 0 Å². The Balaban J connectivity index is -0.000000165. The fraction of sp³-hybridized carbons (Fsp3) is 0.750. The molecular weight excluding hydrogens is 822 g/mol. The maximum atomic E-state index is 10.4. The molecule has 0 rings (SSSR count). The first-order valence-electron chi connectivity index (χ1n) is 12.8. The van der Waals surface area contributed by atoms with Gasteiger partial charge in [-0.15, -0.1) is 0 Å². The Bertz CT molecular complexity index is 802. The van der Waals surface area contributed by atoms with E-state index in [2.05, 4.69) is 0 Å². The summed E-state index contributed by atoms with van der Waals surface area (Å²) in [6, 6.07) is 0. The van der Waals surface area contributed by atoms with Crippen LogP contribution in [0, 0.1) is 0 Å². The molecule has 0 aromatic heterocycles. The van der Waals surface area contributed by atoms with E-state index in [4.69, 9.17) is 64.8 Å². The van der Waals surface area contributed by atoms with Gasteiger partial charge in [0.15, 0.2) is 5.72 Å². The van der Waals surface area contributed by atoms with Gasteiger partial charge in [-0.3, -0.25) is 34.5 Å². The van der Waals surface area contributed by atoms with Crippen LogP contribution in [0.5, 0.6) is 0 Å². The Morgan fingerprint density at radius 1 is 0.532 bits per heavy atom. The smallest absolute Gasteiger partial charge is 0.305 e. The van der Waals surface area contributed by atoms with Crippen LogP contribution in [-0.4, -0.2) is 155 Å². The zero-order chi connectivity index (χ0) is 33.1. The number of nitrogens with two attached hydrogens (primary N) is 1. The Kier molecular flexibility index (Phi) is 43.2. The van der Waals surface area contributed by atoms with E-state index >= 15 is 0 Å². The maximum absolute atomic E-state index is 10.4. The van der Waals surface area contributed by atoms with Crippen molar-refractivity contribution in [2.45, 2.75) is 50.4 Å². The molecule has 11 N–H and O–H groups in total. The van der Waals surface area contributed by atoms with Gasteiger partial charge >= 0.3 is 35.8 Å². The zero-order valence-corrected chi connectivity index (χ0v) is 28.2. The van der Waals surface area contributed by atoms with Crippen LogP contribution >= 0.6 is 0 Å². The Hall–Kier alpha value is -2.89. The molecule has 22 nitrogen and oxygen atoms in total. The van der Waals surface area contributed by atoms with Gasteiger partial charge in [0.05, 0.1) is 105 Å². The maximum Gasteiger partial charge on any atom is 0.305 e. The monoisotopic (exact) mass is 866 g/mol. The average molecular weight is 866 g/mol. The van der Waals surface area contributed by atoms with Crippen LogP contribution < -0.4 is 5.73 Å². The van der Waals surface area contributed by atoms with Crippen LogP contribution in [0.25, 0.3) is 0 Å². The molecule has 0 aliphatic rings. The average Bonchev–Trinajstić information content (AvgIpc) is 2.89. The van der Waals surface area contributed by atoms with E-state index in [9.17, 15) is 28.8 Å². The number of carbonyl (C=O) groups is 6. The molecule has 280 valence electrons. The van der Waals surface area contributed by atoms with E-state index in [1.807, 2.05) is 0 Å². The Morgan fingerprint density at radius 2 is 0.809 bits per heavy atom. The predicted octanol–water partition coefficient (Wildman–Crippen LogP) is -2.18. The van der Waals surface area contributed by atoms with Gasteiger partial charge in [-0.25, -0.2) is 0 Å². The summed E-state index contributed by atoms with van der Waals surface area (Å²) >= 11 is 0. The van der Waals surface area contributed by atoms with Crippen molar-refractivity contribution in [1.82, 2.24) is 0 Å². The fourth-order valence-electron chi connectivity index (χ4n) is 2.48. The van der Waals surface area contributed by atoms with E-state index in [-0.39, 0.29) is 142 Å². The molecule has 0 aliphatic heterocycles. The second kappa shape index (κ2) is 36.0. The molecule has 0 spiro atoms. The van der Waals surface area contributed by atoms with Crippen LogP contribution in [0.1, 0.15) is 38.5 Å². The minimum atomic E-state index is -1.48. The van der Waals surface area contributed by atoms with Gasteiger partial charge in [-0.05, 0) is 0 Å². The molecular formula is C24H44NO21W-3. The van der Waals surface area contributed by atoms with Crippen LogP contribution in [-0.2, 0) is 83.7 Å². The van der Waals surface area contributed by atoms with E-state index in [0.717, 1.165) is 0 Å². The van der Waals surface area contributed by atoms with Gasteiger partial charge in [0.2, 0.25) is 0 Å². The molecule has 0 saturated heterocycles. The zero-order valence-electron chi connectivity index (χ0n) is 25.3. The summed E-state index contributed by atoms with van der Waals surface area (Å²) in [5.74, 6) is -6.13. The van der Waals surface area contributed by atoms with Gasteiger partial charge in [-0.1, -0.05) is 0 Å². The molecule has 0 radical (unpaired) electrons. The van der Waals surface area contributed by atoms with Gasteiger partial charge in [0.1, 0.15) is 6.10 Å². The van der Waals surface area contributed by atoms with E-state index in [1.54, 1.807) is 0 Å². The molecule has 0 amide bonds. The molecule has 0 aromatic carbocycles. The predicted molar refractivity (Wildman–Crippen MR) is 146 cm³/mol. The molecule has 0 heterocycles. The molecule has 0 fully saturated rings. The van der Waals surface area contributed by atoms with E-state index in [1.165, 1.54) is 0 Å². The third-order valence-electron chi connectivity index (χ3n) is 4.52. The number of hydrogen-bond donors (Lipinski definition) is 7. The Morgan fingerprint density at radius 3 is 1.13 bits per heavy atom. The quantitative estimate of drug-likeness (QED) is 0.0325. The number of carboxylic acid groups (broad SMARTS) is 6. The van der Waals surface area contributed by atoms with Crippen molar-refractivity contribution in [3.8, 4) is 0 Å². The molecule has 0 bridgehead atoms. The number of hydrogen-bond acceptors (Lipinski definition) is 14. The third-order valence-corrected chi connectivity index (χ3v) is 4.52. The van der Waals surface area contributed by atoms with Crippen LogP contribution in [0.15, 0.2) is 0 Å². The molecule has 0 aromatic rings. The normalized spacial score (nSPS) is 10.1. The van der Waals surface area contributed by atoms with Crippen molar-refractivity contribution in [2.24, 2.45) is 5.73 Å². The number of aliphatic carboxylic acids is 6. The van der Waals surface area contributed by atoms with E-state index in [0.29, 0.717) is 0 Å². The molecule has 0 aliphatic carbocycles. The summed E-state index contributed by atoms with van der Waals surface area (Å²) in [6.07, 6.45) is -1.77. The van der Waals surface area contributed by atoms with Crippen LogP contribution in [0.4, 0.5) is 0 Å². The summed E-state index contributed by atoms with van der Waals surface area (Å²) in [7, 11) is 0. The van der Waals surface area contributed by atoms with Crippen molar-refractivity contribution < 1.29 is 125 Å². The SMILES string of the molecule is NC(COCCC(=O)O)(COCCC(=O)O)OCCC(=O)O.O.O=C(O)CCOCC(COCCC(=O)O)OCCC(=O)O.[O-2].[OH-].[W]. The number of ether oxygens (including phenoxy) is 6. The molecule has 0 saturated carbocycles. The summed E-state index contributed by atoms with van der Waals surface area (Å²) in [5.41, 5.74) is 4.38. The van der Waals surface area contributed by atoms with Crippen molar-refractivity contribution in [2.75, 3.05) is 66.1 Å². The second-order valence-corrected chi connectivity index (χ2v) is 8.52. The summed E-state index contributed by atoms with van der Waals surface area (Å²) < 4.78 is 30.8. The fourth-order valence-corrected chi connectivity index (χ4v) is 2.48. The van der Waals surface area contributed by atoms with Gasteiger partial charge < -0.3 is 75.5 Å². The summed E-state index contributed by atoms with van der Waals surface area (Å²) in [4.78, 5) is 62.2. The number of carboxylic acids is 6. The molecule has 0 unspecified atom stereocenters. The molecule has 23 heteroatoms. The largest absolute Gasteiger partial charge is 2.00 e. The molecule has 47 heavy (non-hydrogen) atoms. The minimum Gasteiger partial charge on any atom is -2.00 e. The van der Waals surface area contributed by atoms with Crippen LogP contribution in [0.3, 0.4) is 0 Å². The van der Waals surface area contributed by atoms with Crippen molar-refractivity contribution in [1.29, 1.82) is 0 Å². The minimum absolute atomic E-state index is 0. The topological polar surface area (TPSA) is 395 Å². The van der Waals surface area contributed by atoms with Crippen molar-refractivity contribution >= 4 is 35.8 Å². The number of rotatable bonds is 28. The van der Waals surface area contributed by atoms with Gasteiger partial charge in [-0.2, -0.15) is 0 Å².